The fourth-order valence-corrected chi connectivity index (χ4v) is 5.74. The Bertz CT molecular complexity index is 1340. The number of anilines is 1. The zero-order valence-electron chi connectivity index (χ0n) is 22.9. The molecular formula is C33H38F2N2O2. The van der Waals surface area contributed by atoms with Crippen LogP contribution in [-0.4, -0.2) is 43.9 Å². The second-order valence-corrected chi connectivity index (χ2v) is 10.6. The maximum Gasteiger partial charge on any atom is 0.188 e. The van der Waals surface area contributed by atoms with E-state index >= 15 is 4.39 Å². The van der Waals surface area contributed by atoms with E-state index in [4.69, 9.17) is 15.2 Å². The summed E-state index contributed by atoms with van der Waals surface area (Å²) in [5, 5.41) is 0. The first-order valence-electron chi connectivity index (χ1n) is 14.1. The highest BCUT2D eigenvalue weighted by Crippen LogP contribution is 2.43. The molecule has 6 heteroatoms. The fourth-order valence-electron chi connectivity index (χ4n) is 5.74. The van der Waals surface area contributed by atoms with Crippen LogP contribution >= 0.6 is 0 Å². The summed E-state index contributed by atoms with van der Waals surface area (Å²) in [4.78, 5) is 2.26. The van der Waals surface area contributed by atoms with Crippen molar-refractivity contribution < 1.29 is 18.3 Å². The minimum atomic E-state index is -0.514. The predicted octanol–water partition coefficient (Wildman–Crippen LogP) is 7.22. The Hall–Kier alpha value is -3.38. The highest BCUT2D eigenvalue weighted by molar-refractivity contribution is 6.01. The van der Waals surface area contributed by atoms with Crippen molar-refractivity contribution in [2.45, 2.75) is 52.1 Å². The molecule has 0 amide bonds. The molecule has 1 saturated heterocycles. The molecule has 3 aromatic rings. The zero-order chi connectivity index (χ0) is 27.4. The third-order valence-corrected chi connectivity index (χ3v) is 7.80. The van der Waals surface area contributed by atoms with Crippen molar-refractivity contribution in [1.82, 2.24) is 4.90 Å². The van der Waals surface area contributed by atoms with Gasteiger partial charge in [0.25, 0.3) is 0 Å². The summed E-state index contributed by atoms with van der Waals surface area (Å²) in [5.41, 5.74) is 13.5. The molecule has 39 heavy (non-hydrogen) atoms. The lowest BCUT2D eigenvalue weighted by Crippen LogP contribution is -2.26. The highest BCUT2D eigenvalue weighted by Gasteiger charge is 2.26. The molecule has 0 saturated carbocycles. The first kappa shape index (κ1) is 27.2. The Labute approximate surface area is 230 Å². The number of alkyl halides is 1. The number of halogens is 2. The number of hydrogen-bond donors (Lipinski definition) is 1. The summed E-state index contributed by atoms with van der Waals surface area (Å²) in [7, 11) is 0. The molecule has 206 valence electrons. The highest BCUT2D eigenvalue weighted by atomic mass is 19.1. The van der Waals surface area contributed by atoms with Gasteiger partial charge in [-0.05, 0) is 83.9 Å². The lowest BCUT2D eigenvalue weighted by Gasteiger charge is -2.19. The van der Waals surface area contributed by atoms with Gasteiger partial charge in [0.1, 0.15) is 11.9 Å². The van der Waals surface area contributed by atoms with Gasteiger partial charge in [0, 0.05) is 31.6 Å². The first-order chi connectivity index (χ1) is 19.0. The Morgan fingerprint density at radius 2 is 1.87 bits per heavy atom. The van der Waals surface area contributed by atoms with Crippen LogP contribution in [0.5, 0.6) is 11.5 Å². The van der Waals surface area contributed by atoms with E-state index < -0.39 is 5.82 Å². The van der Waals surface area contributed by atoms with Crippen molar-refractivity contribution in [3.63, 3.8) is 0 Å². The number of nitrogens with two attached hydrogens (primary N) is 1. The van der Waals surface area contributed by atoms with Crippen molar-refractivity contribution in [2.24, 2.45) is 0 Å². The average Bonchev–Trinajstić information content (AvgIpc) is 3.29. The van der Waals surface area contributed by atoms with Crippen LogP contribution in [0.1, 0.15) is 60.4 Å². The zero-order valence-corrected chi connectivity index (χ0v) is 22.9. The number of nitrogens with zero attached hydrogens (tertiary/aromatic N) is 1. The molecule has 0 bridgehead atoms. The van der Waals surface area contributed by atoms with Gasteiger partial charge in [0.05, 0.1) is 19.0 Å². The molecule has 1 fully saturated rings. The minimum Gasteiger partial charge on any atom is -0.489 e. The van der Waals surface area contributed by atoms with Gasteiger partial charge in [-0.1, -0.05) is 43.7 Å². The van der Waals surface area contributed by atoms with E-state index in [1.54, 1.807) is 6.07 Å². The number of aryl methyl sites for hydroxylation is 2. The first-order valence-corrected chi connectivity index (χ1v) is 14.1. The molecule has 5 rings (SSSR count). The molecule has 0 radical (unpaired) electrons. The lowest BCUT2D eigenvalue weighted by molar-refractivity contribution is 0.198. The Kier molecular flexibility index (Phi) is 8.51. The lowest BCUT2D eigenvalue weighted by atomic mass is 9.86. The predicted molar refractivity (Wildman–Crippen MR) is 155 cm³/mol. The molecule has 2 aliphatic rings. The standard InChI is InChI=1S/C33H38F2N2O2/c1-3-5-24-20-25(7-6-22(24)2)28-15-19-38-33-29(12-13-30(36)32(33)35)31(28)23-8-10-26(11-9-23)39-27-14-18-37(21-27)17-4-16-34/h6-13,20,27H,3-5,14-19,21,36H2,1-2H3. The summed E-state index contributed by atoms with van der Waals surface area (Å²) in [5.74, 6) is 0.494. The molecule has 2 aliphatic heterocycles. The monoisotopic (exact) mass is 532 g/mol. The SMILES string of the molecule is CCCc1cc(C2=C(c3ccc(OC4CCN(CCCF)C4)cc3)c3ccc(N)c(F)c3OCC2)ccc1C. The summed E-state index contributed by atoms with van der Waals surface area (Å²) < 4.78 is 40.0. The summed E-state index contributed by atoms with van der Waals surface area (Å²) in [6.07, 6.45) is 4.33. The van der Waals surface area contributed by atoms with Crippen LogP contribution in [0, 0.1) is 12.7 Å². The second kappa shape index (κ2) is 12.2. The molecule has 1 atom stereocenters. The smallest absolute Gasteiger partial charge is 0.188 e. The molecule has 2 N–H and O–H groups in total. The average molecular weight is 533 g/mol. The van der Waals surface area contributed by atoms with Crippen LogP contribution in [0.25, 0.3) is 11.1 Å². The van der Waals surface area contributed by atoms with Crippen LogP contribution in [-0.2, 0) is 6.42 Å². The van der Waals surface area contributed by atoms with Gasteiger partial charge >= 0.3 is 0 Å². The normalized spacial score (nSPS) is 17.6. The van der Waals surface area contributed by atoms with Gasteiger partial charge in [-0.15, -0.1) is 0 Å². The Balaban J connectivity index is 1.52. The van der Waals surface area contributed by atoms with E-state index in [2.05, 4.69) is 36.9 Å². The molecule has 1 unspecified atom stereocenters. The molecule has 0 aromatic heterocycles. The molecule has 2 heterocycles. The van der Waals surface area contributed by atoms with Crippen molar-refractivity contribution >= 4 is 16.8 Å². The summed E-state index contributed by atoms with van der Waals surface area (Å²) >= 11 is 0. The number of hydrogen-bond acceptors (Lipinski definition) is 4. The van der Waals surface area contributed by atoms with Crippen LogP contribution < -0.4 is 15.2 Å². The quantitative estimate of drug-likeness (QED) is 0.296. The van der Waals surface area contributed by atoms with Crippen molar-refractivity contribution in [3.8, 4) is 11.5 Å². The topological polar surface area (TPSA) is 47.7 Å². The van der Waals surface area contributed by atoms with E-state index in [-0.39, 0.29) is 24.2 Å². The molecule has 3 aromatic carbocycles. The summed E-state index contributed by atoms with van der Waals surface area (Å²) in [6.45, 7) is 6.94. The van der Waals surface area contributed by atoms with Crippen molar-refractivity contribution in [2.75, 3.05) is 38.6 Å². The molecule has 0 aliphatic carbocycles. The van der Waals surface area contributed by atoms with E-state index in [1.165, 1.54) is 11.1 Å². The fraction of sp³-hybridized carbons (Fsp3) is 0.394. The van der Waals surface area contributed by atoms with Gasteiger partial charge in [-0.3, -0.25) is 9.29 Å². The van der Waals surface area contributed by atoms with Crippen LogP contribution in [0.4, 0.5) is 14.5 Å². The number of ether oxygens (including phenoxy) is 2. The largest absolute Gasteiger partial charge is 0.489 e. The van der Waals surface area contributed by atoms with E-state index in [1.807, 2.05) is 30.3 Å². The molecule has 4 nitrogen and oxygen atoms in total. The number of fused-ring (bicyclic) bond motifs is 1. The minimum absolute atomic E-state index is 0.0815. The maximum atomic E-state index is 15.2. The van der Waals surface area contributed by atoms with Gasteiger partial charge in [0.2, 0.25) is 0 Å². The Morgan fingerprint density at radius 3 is 2.64 bits per heavy atom. The molecule has 0 spiro atoms. The third-order valence-electron chi connectivity index (χ3n) is 7.80. The third kappa shape index (κ3) is 5.96. The van der Waals surface area contributed by atoms with E-state index in [0.29, 0.717) is 25.0 Å². The van der Waals surface area contributed by atoms with Gasteiger partial charge < -0.3 is 15.2 Å². The van der Waals surface area contributed by atoms with Gasteiger partial charge in [-0.25, -0.2) is 4.39 Å². The van der Waals surface area contributed by atoms with Crippen LogP contribution in [0.2, 0.25) is 0 Å². The van der Waals surface area contributed by atoms with Crippen molar-refractivity contribution in [3.05, 3.63) is 88.2 Å². The number of benzene rings is 3. The number of nitrogen functional groups attached to an aromatic ring is 1. The second-order valence-electron chi connectivity index (χ2n) is 10.6. The van der Waals surface area contributed by atoms with Gasteiger partial charge in [0.15, 0.2) is 11.6 Å². The van der Waals surface area contributed by atoms with Crippen LogP contribution in [0.3, 0.4) is 0 Å². The van der Waals surface area contributed by atoms with Crippen molar-refractivity contribution in [1.29, 1.82) is 0 Å². The number of rotatable bonds is 9. The molecular weight excluding hydrogens is 494 g/mol. The van der Waals surface area contributed by atoms with Crippen LogP contribution in [0.15, 0.2) is 54.6 Å². The van der Waals surface area contributed by atoms with Gasteiger partial charge in [-0.2, -0.15) is 0 Å². The number of likely N-dealkylation sites (tertiary alicyclic amines) is 1. The van der Waals surface area contributed by atoms with E-state index in [9.17, 15) is 4.39 Å². The van der Waals surface area contributed by atoms with E-state index in [0.717, 1.165) is 66.9 Å². The Morgan fingerprint density at radius 1 is 1.08 bits per heavy atom. The summed E-state index contributed by atoms with van der Waals surface area (Å²) in [6, 6.07) is 18.2. The maximum absolute atomic E-state index is 15.2.